The summed E-state index contributed by atoms with van der Waals surface area (Å²) in [5.41, 5.74) is 0.621. The van der Waals surface area contributed by atoms with Crippen LogP contribution in [0.25, 0.3) is 0 Å². The van der Waals surface area contributed by atoms with Crippen molar-refractivity contribution >= 4 is 28.9 Å². The molecule has 0 aromatic carbocycles. The molecule has 0 atom stereocenters. The number of carboxylic acid groups (broad SMARTS) is 1. The zero-order valence-electron chi connectivity index (χ0n) is 8.58. The molecule has 0 radical (unpaired) electrons. The molecule has 86 valence electrons. The second kappa shape index (κ2) is 4.75. The van der Waals surface area contributed by atoms with Crippen LogP contribution in [0.2, 0.25) is 0 Å². The Morgan fingerprint density at radius 3 is 2.35 bits per heavy atom. The standard InChI is InChI=1S/C11H8N2O3S/c14-10(13-7-3-5-12-6-4-7)8-1-2-9(17-8)11(15)16/h1-6H,(H,15,16)(H,12,13,14). The van der Waals surface area contributed by atoms with Gasteiger partial charge in [-0.2, -0.15) is 0 Å². The van der Waals surface area contributed by atoms with Gasteiger partial charge in [-0.05, 0) is 24.3 Å². The summed E-state index contributed by atoms with van der Waals surface area (Å²) < 4.78 is 0. The van der Waals surface area contributed by atoms with Gasteiger partial charge in [0, 0.05) is 18.1 Å². The van der Waals surface area contributed by atoms with Gasteiger partial charge in [0.25, 0.3) is 5.91 Å². The maximum absolute atomic E-state index is 11.7. The SMILES string of the molecule is O=C(O)c1ccc(C(=O)Nc2ccncc2)s1. The molecule has 2 aromatic heterocycles. The first-order valence-electron chi connectivity index (χ1n) is 4.71. The first-order valence-corrected chi connectivity index (χ1v) is 5.53. The molecule has 0 aliphatic heterocycles. The van der Waals surface area contributed by atoms with Gasteiger partial charge in [-0.15, -0.1) is 11.3 Å². The summed E-state index contributed by atoms with van der Waals surface area (Å²) in [6.45, 7) is 0. The number of carboxylic acids is 1. The smallest absolute Gasteiger partial charge is 0.345 e. The predicted octanol–water partition coefficient (Wildman–Crippen LogP) is 2.09. The van der Waals surface area contributed by atoms with Crippen molar-refractivity contribution in [3.05, 3.63) is 46.4 Å². The van der Waals surface area contributed by atoms with Crippen LogP contribution in [0.15, 0.2) is 36.7 Å². The van der Waals surface area contributed by atoms with Crippen molar-refractivity contribution in [2.24, 2.45) is 0 Å². The van der Waals surface area contributed by atoms with Gasteiger partial charge < -0.3 is 10.4 Å². The van der Waals surface area contributed by atoms with E-state index in [9.17, 15) is 9.59 Å². The van der Waals surface area contributed by atoms with Gasteiger partial charge in [0.15, 0.2) is 0 Å². The van der Waals surface area contributed by atoms with Gasteiger partial charge in [-0.25, -0.2) is 4.79 Å². The summed E-state index contributed by atoms with van der Waals surface area (Å²) in [4.78, 5) is 26.7. The quantitative estimate of drug-likeness (QED) is 0.871. The van der Waals surface area contributed by atoms with E-state index < -0.39 is 5.97 Å². The van der Waals surface area contributed by atoms with E-state index in [0.29, 0.717) is 10.6 Å². The lowest BCUT2D eigenvalue weighted by molar-refractivity contribution is 0.0702. The Labute approximate surface area is 101 Å². The molecule has 17 heavy (non-hydrogen) atoms. The highest BCUT2D eigenvalue weighted by Gasteiger charge is 2.12. The number of aromatic carboxylic acids is 1. The average Bonchev–Trinajstić information content (AvgIpc) is 2.79. The van der Waals surface area contributed by atoms with E-state index in [4.69, 9.17) is 5.11 Å². The van der Waals surface area contributed by atoms with Crippen LogP contribution < -0.4 is 5.32 Å². The van der Waals surface area contributed by atoms with Crippen LogP contribution in [0, 0.1) is 0 Å². The third-order valence-electron chi connectivity index (χ3n) is 1.98. The molecule has 0 aliphatic carbocycles. The maximum Gasteiger partial charge on any atom is 0.345 e. The van der Waals surface area contributed by atoms with Crippen molar-refractivity contribution in [3.63, 3.8) is 0 Å². The molecule has 2 N–H and O–H groups in total. The summed E-state index contributed by atoms with van der Waals surface area (Å²) in [6.07, 6.45) is 3.12. The molecular weight excluding hydrogens is 240 g/mol. The Morgan fingerprint density at radius 2 is 1.76 bits per heavy atom. The molecule has 1 amide bonds. The molecule has 0 saturated heterocycles. The van der Waals surface area contributed by atoms with Crippen LogP contribution in [-0.2, 0) is 0 Å². The minimum atomic E-state index is -1.03. The molecule has 6 heteroatoms. The molecule has 5 nitrogen and oxygen atoms in total. The Bertz CT molecular complexity index is 551. The second-order valence-electron chi connectivity index (χ2n) is 3.16. The normalized spacial score (nSPS) is 9.88. The maximum atomic E-state index is 11.7. The molecule has 0 aliphatic rings. The Morgan fingerprint density at radius 1 is 1.12 bits per heavy atom. The number of hydrogen-bond acceptors (Lipinski definition) is 4. The van der Waals surface area contributed by atoms with Crippen molar-refractivity contribution in [2.45, 2.75) is 0 Å². The second-order valence-corrected chi connectivity index (χ2v) is 4.24. The van der Waals surface area contributed by atoms with E-state index in [1.807, 2.05) is 0 Å². The largest absolute Gasteiger partial charge is 0.477 e. The van der Waals surface area contributed by atoms with Gasteiger partial charge in [0.05, 0.1) is 4.88 Å². The molecule has 0 unspecified atom stereocenters. The van der Waals surface area contributed by atoms with Crippen LogP contribution in [0.5, 0.6) is 0 Å². The molecule has 2 aromatic rings. The van der Waals surface area contributed by atoms with Crippen molar-refractivity contribution < 1.29 is 14.7 Å². The van der Waals surface area contributed by atoms with Gasteiger partial charge in [-0.3, -0.25) is 9.78 Å². The highest BCUT2D eigenvalue weighted by atomic mass is 32.1. The van der Waals surface area contributed by atoms with Gasteiger partial charge in [0.2, 0.25) is 0 Å². The summed E-state index contributed by atoms with van der Waals surface area (Å²) in [5, 5.41) is 11.4. The summed E-state index contributed by atoms with van der Waals surface area (Å²) >= 11 is 0.941. The lowest BCUT2D eigenvalue weighted by Crippen LogP contribution is -2.09. The van der Waals surface area contributed by atoms with Crippen molar-refractivity contribution in [3.8, 4) is 0 Å². The van der Waals surface area contributed by atoms with E-state index in [1.165, 1.54) is 12.1 Å². The molecule has 2 heterocycles. The van der Waals surface area contributed by atoms with E-state index >= 15 is 0 Å². The fourth-order valence-electron chi connectivity index (χ4n) is 1.20. The van der Waals surface area contributed by atoms with Crippen molar-refractivity contribution in [2.75, 3.05) is 5.32 Å². The number of aromatic nitrogens is 1. The third-order valence-corrected chi connectivity index (χ3v) is 3.05. The number of nitrogens with one attached hydrogen (secondary N) is 1. The summed E-state index contributed by atoms with van der Waals surface area (Å²) in [6, 6.07) is 6.21. The van der Waals surface area contributed by atoms with E-state index in [1.54, 1.807) is 24.5 Å². The number of pyridine rings is 1. The van der Waals surface area contributed by atoms with Crippen LogP contribution in [-0.4, -0.2) is 22.0 Å². The zero-order chi connectivity index (χ0) is 12.3. The monoisotopic (exact) mass is 248 g/mol. The zero-order valence-corrected chi connectivity index (χ0v) is 9.40. The Hall–Kier alpha value is -2.21. The van der Waals surface area contributed by atoms with Gasteiger partial charge >= 0.3 is 5.97 Å². The Balaban J connectivity index is 2.12. The Kier molecular flexibility index (Phi) is 3.15. The first-order chi connectivity index (χ1) is 8.16. The molecule has 0 saturated carbocycles. The van der Waals surface area contributed by atoms with Crippen LogP contribution in [0.1, 0.15) is 19.3 Å². The molecule has 2 rings (SSSR count). The number of anilines is 1. The molecule has 0 spiro atoms. The highest BCUT2D eigenvalue weighted by molar-refractivity contribution is 7.15. The van der Waals surface area contributed by atoms with Crippen LogP contribution >= 0.6 is 11.3 Å². The number of nitrogens with zero attached hydrogens (tertiary/aromatic N) is 1. The fourth-order valence-corrected chi connectivity index (χ4v) is 1.94. The molecular formula is C11H8N2O3S. The van der Waals surface area contributed by atoms with E-state index in [2.05, 4.69) is 10.3 Å². The third kappa shape index (κ3) is 2.67. The number of rotatable bonds is 3. The van der Waals surface area contributed by atoms with Gasteiger partial charge in [0.1, 0.15) is 4.88 Å². The minimum absolute atomic E-state index is 0.143. The summed E-state index contributed by atoms with van der Waals surface area (Å²) in [5.74, 6) is -1.35. The number of amides is 1. The number of thiophene rings is 1. The highest BCUT2D eigenvalue weighted by Crippen LogP contribution is 2.17. The molecule has 0 bridgehead atoms. The number of hydrogen-bond donors (Lipinski definition) is 2. The van der Waals surface area contributed by atoms with Crippen LogP contribution in [0.3, 0.4) is 0 Å². The fraction of sp³-hybridized carbons (Fsp3) is 0. The number of carbonyl (C=O) groups excluding carboxylic acids is 1. The lowest BCUT2D eigenvalue weighted by atomic mass is 10.3. The van der Waals surface area contributed by atoms with Crippen LogP contribution in [0.4, 0.5) is 5.69 Å². The molecule has 0 fully saturated rings. The minimum Gasteiger partial charge on any atom is -0.477 e. The van der Waals surface area contributed by atoms with E-state index in [-0.39, 0.29) is 10.8 Å². The predicted molar refractivity (Wildman–Crippen MR) is 63.5 cm³/mol. The topological polar surface area (TPSA) is 79.3 Å². The van der Waals surface area contributed by atoms with Gasteiger partial charge in [-0.1, -0.05) is 0 Å². The van der Waals surface area contributed by atoms with E-state index in [0.717, 1.165) is 11.3 Å². The lowest BCUT2D eigenvalue weighted by Gasteiger charge is -2.01. The number of carbonyl (C=O) groups is 2. The van der Waals surface area contributed by atoms with Crippen molar-refractivity contribution in [1.82, 2.24) is 4.98 Å². The first kappa shape index (κ1) is 11.3. The summed E-state index contributed by atoms with van der Waals surface area (Å²) in [7, 11) is 0. The average molecular weight is 248 g/mol. The van der Waals surface area contributed by atoms with Crippen molar-refractivity contribution in [1.29, 1.82) is 0 Å².